The molecule has 0 bridgehead atoms. The molecule has 0 saturated carbocycles. The molecule has 0 fully saturated rings. The van der Waals surface area contributed by atoms with Crippen LogP contribution in [-0.2, 0) is 4.79 Å². The van der Waals surface area contributed by atoms with E-state index >= 15 is 0 Å². The van der Waals surface area contributed by atoms with Crippen LogP contribution >= 0.6 is 0 Å². The number of nitro benzene ring substituents is 1. The number of amides is 1. The number of aryl methyl sites for hydroxylation is 2. The number of non-ortho nitro benzene ring substituents is 1. The second kappa shape index (κ2) is 10.0. The summed E-state index contributed by atoms with van der Waals surface area (Å²) in [4.78, 5) is 35.6. The van der Waals surface area contributed by atoms with Crippen LogP contribution in [0.5, 0.6) is 5.75 Å². The number of nitriles is 1. The van der Waals surface area contributed by atoms with Gasteiger partial charge in [0.1, 0.15) is 17.4 Å². The summed E-state index contributed by atoms with van der Waals surface area (Å²) in [5, 5.41) is 23.1. The van der Waals surface area contributed by atoms with Crippen LogP contribution in [0.4, 0.5) is 11.4 Å². The number of hydrogen-bond acceptors (Lipinski definition) is 6. The van der Waals surface area contributed by atoms with Crippen molar-refractivity contribution in [2.75, 3.05) is 5.32 Å². The average Bonchev–Trinajstić information content (AvgIpc) is 2.80. The number of nitro groups is 1. The largest absolute Gasteiger partial charge is 0.422 e. The lowest BCUT2D eigenvalue weighted by atomic mass is 10.1. The molecule has 33 heavy (non-hydrogen) atoms. The van der Waals surface area contributed by atoms with E-state index in [1.807, 2.05) is 13.0 Å². The van der Waals surface area contributed by atoms with E-state index in [0.29, 0.717) is 16.7 Å². The molecule has 164 valence electrons. The van der Waals surface area contributed by atoms with Gasteiger partial charge in [0.15, 0.2) is 0 Å². The van der Waals surface area contributed by atoms with Gasteiger partial charge in [-0.05, 0) is 43.7 Å². The fraction of sp³-hybridized carbons (Fsp3) is 0.0800. The molecule has 8 heteroatoms. The summed E-state index contributed by atoms with van der Waals surface area (Å²) < 4.78 is 5.48. The summed E-state index contributed by atoms with van der Waals surface area (Å²) in [6.45, 7) is 3.58. The Morgan fingerprint density at radius 2 is 1.76 bits per heavy atom. The normalized spacial score (nSPS) is 10.8. The molecule has 0 spiro atoms. The Labute approximate surface area is 189 Å². The lowest BCUT2D eigenvalue weighted by Crippen LogP contribution is -2.14. The molecule has 3 aromatic rings. The topological polar surface area (TPSA) is 122 Å². The molecule has 0 saturated heterocycles. The number of carbonyl (C=O) groups excluding carboxylic acids is 2. The summed E-state index contributed by atoms with van der Waals surface area (Å²) in [5.74, 6) is -1.15. The molecule has 1 amide bonds. The molecule has 1 N–H and O–H groups in total. The summed E-state index contributed by atoms with van der Waals surface area (Å²) in [5.41, 5.74) is 2.07. The lowest BCUT2D eigenvalue weighted by molar-refractivity contribution is -0.384. The molecule has 0 atom stereocenters. The Kier molecular flexibility index (Phi) is 6.96. The van der Waals surface area contributed by atoms with Crippen LogP contribution in [0.3, 0.4) is 0 Å². The van der Waals surface area contributed by atoms with E-state index in [1.165, 1.54) is 24.3 Å². The maximum atomic E-state index is 12.7. The number of para-hydroxylation sites is 1. The third-order valence-electron chi connectivity index (χ3n) is 4.75. The number of nitrogens with one attached hydrogen (secondary N) is 1. The zero-order valence-electron chi connectivity index (χ0n) is 17.9. The van der Waals surface area contributed by atoms with Gasteiger partial charge in [0, 0.05) is 17.7 Å². The SMILES string of the molecule is Cc1ccc(C(=O)Oc2ccccc2/C=C(\C#N)C(=O)Nc2cc([N+](=O)[O-])ccc2C)cc1. The molecule has 0 aromatic heterocycles. The number of benzene rings is 3. The highest BCUT2D eigenvalue weighted by Crippen LogP contribution is 2.25. The Balaban J connectivity index is 1.86. The first-order chi connectivity index (χ1) is 15.8. The van der Waals surface area contributed by atoms with E-state index < -0.39 is 16.8 Å². The Morgan fingerprint density at radius 3 is 2.42 bits per heavy atom. The molecular formula is C25H19N3O5. The van der Waals surface area contributed by atoms with Crippen molar-refractivity contribution in [3.63, 3.8) is 0 Å². The monoisotopic (exact) mass is 441 g/mol. The molecule has 3 aromatic carbocycles. The summed E-state index contributed by atoms with van der Waals surface area (Å²) >= 11 is 0. The quantitative estimate of drug-likeness (QED) is 0.144. The number of esters is 1. The number of rotatable bonds is 6. The fourth-order valence-electron chi connectivity index (χ4n) is 2.89. The molecule has 0 heterocycles. The van der Waals surface area contributed by atoms with Crippen molar-refractivity contribution in [3.8, 4) is 11.8 Å². The van der Waals surface area contributed by atoms with Crippen molar-refractivity contribution >= 4 is 29.3 Å². The first-order valence-electron chi connectivity index (χ1n) is 9.84. The van der Waals surface area contributed by atoms with Crippen molar-refractivity contribution < 1.29 is 19.2 Å². The highest BCUT2D eigenvalue weighted by Gasteiger charge is 2.16. The van der Waals surface area contributed by atoms with Gasteiger partial charge in [0.2, 0.25) is 0 Å². The standard InChI is InChI=1S/C25H19N3O5/c1-16-7-10-18(11-8-16)25(30)33-23-6-4-3-5-19(23)13-20(15-26)24(29)27-22-14-21(28(31)32)12-9-17(22)2/h3-14H,1-2H3,(H,27,29)/b20-13+. The summed E-state index contributed by atoms with van der Waals surface area (Å²) in [6.07, 6.45) is 1.29. The minimum Gasteiger partial charge on any atom is -0.422 e. The molecule has 0 aliphatic carbocycles. The molecule has 0 aliphatic rings. The number of nitrogens with zero attached hydrogens (tertiary/aromatic N) is 2. The van der Waals surface area contributed by atoms with Crippen molar-refractivity contribution in [2.45, 2.75) is 13.8 Å². The van der Waals surface area contributed by atoms with Crippen molar-refractivity contribution in [2.24, 2.45) is 0 Å². The minimum atomic E-state index is -0.749. The maximum absolute atomic E-state index is 12.7. The van der Waals surface area contributed by atoms with Gasteiger partial charge in [-0.2, -0.15) is 5.26 Å². The summed E-state index contributed by atoms with van der Waals surface area (Å²) in [7, 11) is 0. The van der Waals surface area contributed by atoms with E-state index in [1.54, 1.807) is 55.5 Å². The van der Waals surface area contributed by atoms with Gasteiger partial charge in [-0.3, -0.25) is 14.9 Å². The van der Waals surface area contributed by atoms with Gasteiger partial charge >= 0.3 is 5.97 Å². The van der Waals surface area contributed by atoms with E-state index in [4.69, 9.17) is 4.74 Å². The molecule has 0 radical (unpaired) electrons. The van der Waals surface area contributed by atoms with Gasteiger partial charge in [-0.15, -0.1) is 0 Å². The number of anilines is 1. The number of ether oxygens (including phenoxy) is 1. The third kappa shape index (κ3) is 5.68. The predicted octanol–water partition coefficient (Wildman–Crippen LogP) is 4.98. The van der Waals surface area contributed by atoms with Crippen LogP contribution in [0.1, 0.15) is 27.0 Å². The van der Waals surface area contributed by atoms with Crippen molar-refractivity contribution in [1.29, 1.82) is 5.26 Å². The average molecular weight is 441 g/mol. The number of hydrogen-bond donors (Lipinski definition) is 1. The zero-order valence-corrected chi connectivity index (χ0v) is 17.9. The first kappa shape index (κ1) is 22.9. The molecule has 8 nitrogen and oxygen atoms in total. The predicted molar refractivity (Wildman–Crippen MR) is 123 cm³/mol. The lowest BCUT2D eigenvalue weighted by Gasteiger charge is -2.10. The summed E-state index contributed by atoms with van der Waals surface area (Å²) in [6, 6.07) is 19.2. The van der Waals surface area contributed by atoms with Crippen LogP contribution in [-0.4, -0.2) is 16.8 Å². The van der Waals surface area contributed by atoms with Crippen LogP contribution < -0.4 is 10.1 Å². The van der Waals surface area contributed by atoms with Gasteiger partial charge in [0.25, 0.3) is 11.6 Å². The second-order valence-electron chi connectivity index (χ2n) is 7.17. The van der Waals surface area contributed by atoms with Gasteiger partial charge in [-0.1, -0.05) is 42.0 Å². The van der Waals surface area contributed by atoms with Crippen LogP contribution in [0.25, 0.3) is 6.08 Å². The van der Waals surface area contributed by atoms with Crippen LogP contribution in [0.2, 0.25) is 0 Å². The third-order valence-corrected chi connectivity index (χ3v) is 4.75. The van der Waals surface area contributed by atoms with Gasteiger partial charge in [0.05, 0.1) is 16.2 Å². The highest BCUT2D eigenvalue weighted by molar-refractivity contribution is 6.10. The molecular weight excluding hydrogens is 422 g/mol. The van der Waals surface area contributed by atoms with Gasteiger partial charge in [-0.25, -0.2) is 4.79 Å². The maximum Gasteiger partial charge on any atom is 0.343 e. The zero-order chi connectivity index (χ0) is 24.0. The number of carbonyl (C=O) groups is 2. The minimum absolute atomic E-state index is 0.176. The van der Waals surface area contributed by atoms with E-state index in [-0.39, 0.29) is 22.7 Å². The fourth-order valence-corrected chi connectivity index (χ4v) is 2.89. The second-order valence-corrected chi connectivity index (χ2v) is 7.17. The molecule has 3 rings (SSSR count). The Hall–Kier alpha value is -4.77. The van der Waals surface area contributed by atoms with Crippen molar-refractivity contribution in [1.82, 2.24) is 0 Å². The smallest absolute Gasteiger partial charge is 0.343 e. The molecule has 0 unspecified atom stereocenters. The van der Waals surface area contributed by atoms with E-state index in [9.17, 15) is 25.0 Å². The Bertz CT molecular complexity index is 1300. The van der Waals surface area contributed by atoms with Crippen LogP contribution in [0.15, 0.2) is 72.3 Å². The van der Waals surface area contributed by atoms with Gasteiger partial charge < -0.3 is 10.1 Å². The van der Waals surface area contributed by atoms with Crippen LogP contribution in [0, 0.1) is 35.3 Å². The Morgan fingerprint density at radius 1 is 1.06 bits per heavy atom. The first-order valence-corrected chi connectivity index (χ1v) is 9.84. The van der Waals surface area contributed by atoms with Crippen molar-refractivity contribution in [3.05, 3.63) is 105 Å². The van der Waals surface area contributed by atoms with E-state index in [2.05, 4.69) is 5.32 Å². The van der Waals surface area contributed by atoms with E-state index in [0.717, 1.165) is 5.56 Å². The highest BCUT2D eigenvalue weighted by atomic mass is 16.6. The molecule has 0 aliphatic heterocycles.